The molecule has 0 aliphatic heterocycles. The molecule has 0 saturated carbocycles. The van der Waals surface area contributed by atoms with Crippen molar-refractivity contribution >= 4 is 0 Å². The molecule has 0 atom stereocenters. The van der Waals surface area contributed by atoms with Gasteiger partial charge >= 0.3 is 0 Å². The van der Waals surface area contributed by atoms with E-state index in [1.165, 1.54) is 0 Å². The molecule has 0 spiro atoms. The Hall–Kier alpha value is -1.32. The van der Waals surface area contributed by atoms with Crippen LogP contribution in [0.25, 0.3) is 0 Å². The molecule has 0 saturated heterocycles. The normalized spacial score (nSPS) is 7.80. The highest BCUT2D eigenvalue weighted by molar-refractivity contribution is 5.13. The molecule has 0 N–H and O–H groups in total. The summed E-state index contributed by atoms with van der Waals surface area (Å²) in [5.41, 5.74) is 0. The van der Waals surface area contributed by atoms with Crippen molar-refractivity contribution in [1.29, 1.82) is 0 Å². The second kappa shape index (κ2) is 5.81. The Labute approximate surface area is 63.0 Å². The van der Waals surface area contributed by atoms with Gasteiger partial charge in [-0.1, -0.05) is 0 Å². The van der Waals surface area contributed by atoms with E-state index in [0.29, 0.717) is 19.3 Å². The summed E-state index contributed by atoms with van der Waals surface area (Å²) in [5, 5.41) is 0. The van der Waals surface area contributed by atoms with Crippen molar-refractivity contribution < 1.29 is 0 Å². The molecule has 0 aliphatic rings. The molecule has 0 aromatic heterocycles. The molecule has 0 amide bonds. The average molecular weight is 129 g/mol. The summed E-state index contributed by atoms with van der Waals surface area (Å²) >= 11 is 0. The van der Waals surface area contributed by atoms with Crippen molar-refractivity contribution in [3.8, 4) is 37.0 Å². The third kappa shape index (κ3) is 3.65. The summed E-state index contributed by atoms with van der Waals surface area (Å²) in [6, 6.07) is 0. The molecule has 0 aromatic rings. The zero-order chi connectivity index (χ0) is 7.82. The van der Waals surface area contributed by atoms with Crippen molar-refractivity contribution in [2.24, 2.45) is 0 Å². The molecule has 0 aliphatic carbocycles. The molecule has 0 aromatic carbocycles. The lowest BCUT2D eigenvalue weighted by Crippen LogP contribution is -1.92. The Balaban J connectivity index is 3.68. The van der Waals surface area contributed by atoms with Crippen LogP contribution in [-0.4, -0.2) is 0 Å². The Morgan fingerprint density at radius 3 is 1.30 bits per heavy atom. The van der Waals surface area contributed by atoms with Crippen LogP contribution >= 0.6 is 0 Å². The largest absolute Gasteiger partial charge is 0.120 e. The summed E-state index contributed by atoms with van der Waals surface area (Å²) < 4.78 is 0. The first kappa shape index (κ1) is 8.68. The van der Waals surface area contributed by atoms with Gasteiger partial charge in [0.1, 0.15) is 0 Å². The highest BCUT2D eigenvalue weighted by atomic mass is 14.0. The zero-order valence-corrected chi connectivity index (χ0v) is 5.85. The summed E-state index contributed by atoms with van der Waals surface area (Å²) in [6.45, 7) is 0. The quantitative estimate of drug-likeness (QED) is 0.508. The van der Waals surface area contributed by atoms with Crippen molar-refractivity contribution in [2.75, 3.05) is 0 Å². The van der Waals surface area contributed by atoms with Gasteiger partial charge in [0.25, 0.3) is 0 Å². The first-order chi connectivity index (χ1) is 4.85. The van der Waals surface area contributed by atoms with Crippen molar-refractivity contribution in [1.82, 2.24) is 0 Å². The molecule has 0 bridgehead atoms. The molecule has 10 heavy (non-hydrogen) atoms. The Bertz CT molecular complexity index is 154. The predicted octanol–water partition coefficient (Wildman–Crippen LogP) is 1.63. The molecule has 0 fully saturated rings. The lowest BCUT2D eigenvalue weighted by atomic mass is 9.99. The number of terminal acetylenes is 3. The van der Waals surface area contributed by atoms with E-state index in [4.69, 9.17) is 19.3 Å². The van der Waals surface area contributed by atoms with Crippen LogP contribution in [0.3, 0.4) is 0 Å². The summed E-state index contributed by atoms with van der Waals surface area (Å²) in [7, 11) is 0. The van der Waals surface area contributed by atoms with Gasteiger partial charge in [-0.25, -0.2) is 0 Å². The van der Waals surface area contributed by atoms with Gasteiger partial charge in [-0.05, 0) is 0 Å². The first-order valence-corrected chi connectivity index (χ1v) is 2.99. The molecule has 0 heteroatoms. The van der Waals surface area contributed by atoms with Crippen molar-refractivity contribution in [3.05, 3.63) is 5.92 Å². The number of rotatable bonds is 3. The average Bonchev–Trinajstić information content (AvgIpc) is 1.90. The molecule has 0 nitrogen and oxygen atoms in total. The minimum atomic E-state index is 0.606. The molecule has 49 valence electrons. The second-order valence-corrected chi connectivity index (χ2v) is 1.89. The molecular weight excluding hydrogens is 120 g/mol. The van der Waals surface area contributed by atoms with Crippen LogP contribution in [0, 0.1) is 42.9 Å². The van der Waals surface area contributed by atoms with E-state index in [9.17, 15) is 0 Å². The Morgan fingerprint density at radius 1 is 0.800 bits per heavy atom. The van der Waals surface area contributed by atoms with E-state index in [-0.39, 0.29) is 0 Å². The van der Waals surface area contributed by atoms with E-state index in [1.807, 2.05) is 0 Å². The van der Waals surface area contributed by atoms with Gasteiger partial charge in [0.15, 0.2) is 0 Å². The fourth-order valence-corrected chi connectivity index (χ4v) is 0.621. The first-order valence-electron chi connectivity index (χ1n) is 2.99. The second-order valence-electron chi connectivity index (χ2n) is 1.89. The lowest BCUT2D eigenvalue weighted by molar-refractivity contribution is 0.886. The molecule has 0 unspecified atom stereocenters. The van der Waals surface area contributed by atoms with Crippen LogP contribution in [0.4, 0.5) is 0 Å². The highest BCUT2D eigenvalue weighted by Gasteiger charge is 2.02. The van der Waals surface area contributed by atoms with Crippen LogP contribution in [0.15, 0.2) is 0 Å². The summed E-state index contributed by atoms with van der Waals surface area (Å²) in [4.78, 5) is 0. The van der Waals surface area contributed by atoms with Crippen LogP contribution < -0.4 is 0 Å². The third-order valence-corrected chi connectivity index (χ3v) is 1.06. The number of hydrogen-bond donors (Lipinski definition) is 0. The minimum Gasteiger partial charge on any atom is -0.120 e. The van der Waals surface area contributed by atoms with Gasteiger partial charge in [-0.3, -0.25) is 0 Å². The van der Waals surface area contributed by atoms with Crippen molar-refractivity contribution in [3.63, 3.8) is 0 Å². The zero-order valence-electron chi connectivity index (χ0n) is 5.85. The van der Waals surface area contributed by atoms with E-state index in [1.54, 1.807) is 0 Å². The molecule has 1 radical (unpaired) electrons. The number of hydrogen-bond acceptors (Lipinski definition) is 0. The lowest BCUT2D eigenvalue weighted by Gasteiger charge is -2.03. The maximum Gasteiger partial charge on any atom is 0.0167 e. The topological polar surface area (TPSA) is 0 Å². The highest BCUT2D eigenvalue weighted by Crippen LogP contribution is 2.13. The van der Waals surface area contributed by atoms with E-state index < -0.39 is 0 Å². The molecular formula is C10H9. The van der Waals surface area contributed by atoms with Gasteiger partial charge in [-0.2, -0.15) is 0 Å². The van der Waals surface area contributed by atoms with Gasteiger partial charge in [-0.15, -0.1) is 37.0 Å². The minimum absolute atomic E-state index is 0.606. The van der Waals surface area contributed by atoms with Crippen LogP contribution in [0.5, 0.6) is 0 Å². The van der Waals surface area contributed by atoms with E-state index in [0.717, 1.165) is 5.92 Å². The third-order valence-electron chi connectivity index (χ3n) is 1.06. The van der Waals surface area contributed by atoms with Gasteiger partial charge in [0.05, 0.1) is 0 Å². The molecule has 0 rings (SSSR count). The van der Waals surface area contributed by atoms with Crippen LogP contribution in [0.1, 0.15) is 19.3 Å². The van der Waals surface area contributed by atoms with E-state index in [2.05, 4.69) is 17.8 Å². The summed E-state index contributed by atoms with van der Waals surface area (Å²) in [6.07, 6.45) is 17.1. The predicted molar refractivity (Wildman–Crippen MR) is 43.6 cm³/mol. The van der Waals surface area contributed by atoms with Gasteiger partial charge in [0.2, 0.25) is 0 Å². The maximum absolute atomic E-state index is 5.08. The van der Waals surface area contributed by atoms with Crippen LogP contribution in [0.2, 0.25) is 0 Å². The molecule has 0 heterocycles. The smallest absolute Gasteiger partial charge is 0.0167 e. The fraction of sp³-hybridized carbons (Fsp3) is 0.300. The summed E-state index contributed by atoms with van der Waals surface area (Å²) in [5.74, 6) is 8.60. The van der Waals surface area contributed by atoms with Gasteiger partial charge < -0.3 is 0 Å². The SMILES string of the molecule is C#CC[C](CC#C)CC#C. The monoisotopic (exact) mass is 129 g/mol. The maximum atomic E-state index is 5.08. The Kier molecular flexibility index (Phi) is 5.04. The van der Waals surface area contributed by atoms with E-state index >= 15 is 0 Å². The van der Waals surface area contributed by atoms with Gasteiger partial charge in [0, 0.05) is 25.2 Å². The fourth-order valence-electron chi connectivity index (χ4n) is 0.621. The van der Waals surface area contributed by atoms with Crippen LogP contribution in [-0.2, 0) is 0 Å². The standard InChI is InChI=1S/C10H9/c1-4-7-10(8-5-2)9-6-3/h1-3H,7-9H2. The van der Waals surface area contributed by atoms with Crippen molar-refractivity contribution in [2.45, 2.75) is 19.3 Å². The Morgan fingerprint density at radius 2 is 1.10 bits per heavy atom.